The van der Waals surface area contributed by atoms with Crippen molar-refractivity contribution in [3.63, 3.8) is 0 Å². The van der Waals surface area contributed by atoms with Gasteiger partial charge in [0.15, 0.2) is 0 Å². The molecule has 66 valence electrons. The Hall–Kier alpha value is -1.64. The molecule has 0 atom stereocenters. The zero-order valence-corrected chi connectivity index (χ0v) is 7.06. The topological polar surface area (TPSA) is 37.4 Å². The van der Waals surface area contributed by atoms with Gasteiger partial charge in [-0.2, -0.15) is 0 Å². The largest absolute Gasteiger partial charge is 0.305 e. The maximum atomic E-state index is 11.3. The van der Waals surface area contributed by atoms with Gasteiger partial charge in [-0.1, -0.05) is 18.2 Å². The van der Waals surface area contributed by atoms with Crippen LogP contribution in [0.25, 0.3) is 0 Å². The fourth-order valence-electron chi connectivity index (χ4n) is 1.43. The highest BCUT2D eigenvalue weighted by Gasteiger charge is 2.29. The van der Waals surface area contributed by atoms with Crippen molar-refractivity contribution in [1.82, 2.24) is 0 Å². The van der Waals surface area contributed by atoms with Gasteiger partial charge >= 0.3 is 0 Å². The number of carbonyl (C=O) groups is 2. The molecule has 0 aliphatic carbocycles. The summed E-state index contributed by atoms with van der Waals surface area (Å²) in [5.41, 5.74) is 0.804. The number of carbonyl (C=O) groups excluding carboxylic acids is 2. The molecule has 3 nitrogen and oxygen atoms in total. The molecule has 1 saturated heterocycles. The smallest absolute Gasteiger partial charge is 0.294 e. The summed E-state index contributed by atoms with van der Waals surface area (Å²) in [6.07, 6.45) is 0.341. The number of ketones is 1. The Kier molecular flexibility index (Phi) is 1.85. The second kappa shape index (κ2) is 3.01. The predicted octanol–water partition coefficient (Wildman–Crippen LogP) is 0.992. The highest BCUT2D eigenvalue weighted by Crippen LogP contribution is 2.18. The summed E-state index contributed by atoms with van der Waals surface area (Å²) in [7, 11) is 0. The lowest BCUT2D eigenvalue weighted by molar-refractivity contribution is -0.133. The van der Waals surface area contributed by atoms with Gasteiger partial charge in [0.05, 0.1) is 0 Å². The SMILES string of the molecule is O=C1CCN(c2ccccc2)C1=O. The first-order chi connectivity index (χ1) is 6.29. The fourth-order valence-corrected chi connectivity index (χ4v) is 1.43. The minimum absolute atomic E-state index is 0.288. The third-order valence-electron chi connectivity index (χ3n) is 2.11. The quantitative estimate of drug-likeness (QED) is 0.597. The number of anilines is 1. The first-order valence-corrected chi connectivity index (χ1v) is 4.19. The highest BCUT2D eigenvalue weighted by atomic mass is 16.2. The number of hydrogen-bond donors (Lipinski definition) is 0. The van der Waals surface area contributed by atoms with Crippen molar-refractivity contribution >= 4 is 17.4 Å². The Labute approximate surface area is 76.0 Å². The number of para-hydroxylation sites is 1. The summed E-state index contributed by atoms with van der Waals surface area (Å²) < 4.78 is 0. The van der Waals surface area contributed by atoms with Crippen LogP contribution in [0.3, 0.4) is 0 Å². The van der Waals surface area contributed by atoms with E-state index in [1.54, 1.807) is 0 Å². The molecule has 3 heteroatoms. The van der Waals surface area contributed by atoms with E-state index in [9.17, 15) is 9.59 Å². The van der Waals surface area contributed by atoms with Crippen LogP contribution >= 0.6 is 0 Å². The Balaban J connectivity index is 2.29. The number of rotatable bonds is 1. The summed E-state index contributed by atoms with van der Waals surface area (Å²) in [6.45, 7) is 0.516. The Morgan fingerprint density at radius 1 is 1.08 bits per heavy atom. The lowest BCUT2D eigenvalue weighted by Gasteiger charge is -2.13. The lowest BCUT2D eigenvalue weighted by atomic mass is 10.3. The van der Waals surface area contributed by atoms with Crippen LogP contribution in [0, 0.1) is 0 Å². The molecule has 1 amide bonds. The van der Waals surface area contributed by atoms with Gasteiger partial charge in [-0.15, -0.1) is 0 Å². The van der Waals surface area contributed by atoms with Gasteiger partial charge in [0, 0.05) is 18.7 Å². The minimum atomic E-state index is -0.383. The Morgan fingerprint density at radius 2 is 1.77 bits per heavy atom. The van der Waals surface area contributed by atoms with Gasteiger partial charge < -0.3 is 4.90 Å². The van der Waals surface area contributed by atoms with E-state index in [4.69, 9.17) is 0 Å². The van der Waals surface area contributed by atoms with Crippen LogP contribution in [0.5, 0.6) is 0 Å². The van der Waals surface area contributed by atoms with E-state index in [1.165, 1.54) is 4.90 Å². The van der Waals surface area contributed by atoms with E-state index < -0.39 is 0 Å². The number of amides is 1. The van der Waals surface area contributed by atoms with Crippen LogP contribution < -0.4 is 4.90 Å². The third kappa shape index (κ3) is 1.33. The molecule has 0 aromatic heterocycles. The van der Waals surface area contributed by atoms with Crippen LogP contribution in [-0.2, 0) is 9.59 Å². The van der Waals surface area contributed by atoms with Gasteiger partial charge in [0.1, 0.15) is 0 Å². The maximum Gasteiger partial charge on any atom is 0.294 e. The summed E-state index contributed by atoms with van der Waals surface area (Å²) >= 11 is 0. The number of benzene rings is 1. The van der Waals surface area contributed by atoms with Crippen molar-refractivity contribution < 1.29 is 9.59 Å². The molecule has 1 aromatic rings. The predicted molar refractivity (Wildman–Crippen MR) is 48.4 cm³/mol. The lowest BCUT2D eigenvalue weighted by Crippen LogP contribution is -2.26. The van der Waals surface area contributed by atoms with Crippen molar-refractivity contribution in [2.24, 2.45) is 0 Å². The number of hydrogen-bond acceptors (Lipinski definition) is 2. The van der Waals surface area contributed by atoms with Crippen molar-refractivity contribution in [3.05, 3.63) is 30.3 Å². The van der Waals surface area contributed by atoms with E-state index in [-0.39, 0.29) is 11.7 Å². The van der Waals surface area contributed by atoms with Crippen LogP contribution in [0.2, 0.25) is 0 Å². The van der Waals surface area contributed by atoms with Gasteiger partial charge in [-0.3, -0.25) is 9.59 Å². The van der Waals surface area contributed by atoms with Gasteiger partial charge in [0.2, 0.25) is 5.78 Å². The summed E-state index contributed by atoms with van der Waals surface area (Å²) in [5.74, 6) is -0.671. The first-order valence-electron chi connectivity index (χ1n) is 4.19. The fraction of sp³-hybridized carbons (Fsp3) is 0.200. The van der Waals surface area contributed by atoms with Crippen LogP contribution in [0.15, 0.2) is 30.3 Å². The van der Waals surface area contributed by atoms with Gasteiger partial charge in [-0.05, 0) is 12.1 Å². The Morgan fingerprint density at radius 3 is 2.31 bits per heavy atom. The van der Waals surface area contributed by atoms with E-state index in [0.29, 0.717) is 13.0 Å². The molecule has 13 heavy (non-hydrogen) atoms. The molecule has 1 aliphatic rings. The van der Waals surface area contributed by atoms with E-state index in [1.807, 2.05) is 30.3 Å². The highest BCUT2D eigenvalue weighted by molar-refractivity contribution is 6.43. The molecule has 1 heterocycles. The molecule has 0 unspecified atom stereocenters. The van der Waals surface area contributed by atoms with Crippen LogP contribution in [0.4, 0.5) is 5.69 Å². The molecule has 1 aliphatic heterocycles. The number of Topliss-reactive ketones (excluding diaryl/α,β-unsaturated/α-hetero) is 1. The minimum Gasteiger partial charge on any atom is -0.305 e. The molecule has 0 bridgehead atoms. The average molecular weight is 175 g/mol. The molecule has 0 radical (unpaired) electrons. The summed E-state index contributed by atoms with van der Waals surface area (Å²) in [5, 5.41) is 0. The second-order valence-corrected chi connectivity index (χ2v) is 2.97. The first kappa shape index (κ1) is 7.98. The van der Waals surface area contributed by atoms with E-state index in [2.05, 4.69) is 0 Å². The van der Waals surface area contributed by atoms with Gasteiger partial charge in [-0.25, -0.2) is 0 Å². The van der Waals surface area contributed by atoms with Crippen molar-refractivity contribution in [2.75, 3.05) is 11.4 Å². The van der Waals surface area contributed by atoms with Crippen LogP contribution in [0.1, 0.15) is 6.42 Å². The normalized spacial score (nSPS) is 16.8. The van der Waals surface area contributed by atoms with E-state index in [0.717, 1.165) is 5.69 Å². The van der Waals surface area contributed by atoms with Crippen molar-refractivity contribution in [3.8, 4) is 0 Å². The average Bonchev–Trinajstić information content (AvgIpc) is 2.49. The van der Waals surface area contributed by atoms with Crippen LogP contribution in [-0.4, -0.2) is 18.2 Å². The molecular weight excluding hydrogens is 166 g/mol. The monoisotopic (exact) mass is 175 g/mol. The Bertz CT molecular complexity index is 345. The third-order valence-corrected chi connectivity index (χ3v) is 2.11. The molecular formula is C10H9NO2. The molecule has 0 saturated carbocycles. The molecule has 0 N–H and O–H groups in total. The second-order valence-electron chi connectivity index (χ2n) is 2.97. The van der Waals surface area contributed by atoms with Crippen molar-refractivity contribution in [1.29, 1.82) is 0 Å². The standard InChI is InChI=1S/C10H9NO2/c12-9-6-7-11(10(9)13)8-4-2-1-3-5-8/h1-5H,6-7H2. The van der Waals surface area contributed by atoms with E-state index >= 15 is 0 Å². The molecule has 0 spiro atoms. The zero-order valence-electron chi connectivity index (χ0n) is 7.06. The number of nitrogens with zero attached hydrogens (tertiary/aromatic N) is 1. The molecule has 1 fully saturated rings. The molecule has 2 rings (SSSR count). The maximum absolute atomic E-state index is 11.3. The van der Waals surface area contributed by atoms with Gasteiger partial charge in [0.25, 0.3) is 5.91 Å². The summed E-state index contributed by atoms with van der Waals surface area (Å²) in [6, 6.07) is 9.25. The molecule has 1 aromatic carbocycles. The summed E-state index contributed by atoms with van der Waals surface area (Å²) in [4.78, 5) is 23.8. The zero-order chi connectivity index (χ0) is 9.26. The van der Waals surface area contributed by atoms with Crippen molar-refractivity contribution in [2.45, 2.75) is 6.42 Å².